The van der Waals surface area contributed by atoms with Crippen LogP contribution in [0.5, 0.6) is 0 Å². The van der Waals surface area contributed by atoms with Crippen molar-refractivity contribution in [2.75, 3.05) is 0 Å². The Kier molecular flexibility index (Phi) is 8.04. The summed E-state index contributed by atoms with van der Waals surface area (Å²) in [6.07, 6.45) is 18.0. The second kappa shape index (κ2) is 9.55. The molecule has 0 unspecified atom stereocenters. The quantitative estimate of drug-likeness (QED) is 0.328. The second-order valence-corrected chi connectivity index (χ2v) is 6.39. The van der Waals surface area contributed by atoms with E-state index in [1.165, 1.54) is 24.0 Å². The minimum atomic E-state index is 0.646. The topological polar surface area (TPSA) is 17.1 Å². The first-order chi connectivity index (χ1) is 10.0. The zero-order chi connectivity index (χ0) is 15.7. The molecule has 0 spiro atoms. The smallest absolute Gasteiger partial charge is 0.145 e. The van der Waals surface area contributed by atoms with E-state index >= 15 is 0 Å². The van der Waals surface area contributed by atoms with Crippen molar-refractivity contribution in [3.63, 3.8) is 0 Å². The molecule has 1 nitrogen and oxygen atoms in total. The third kappa shape index (κ3) is 7.27. The van der Waals surface area contributed by atoms with E-state index < -0.39 is 0 Å². The normalized spacial score (nSPS) is 24.3. The number of carbonyl (C=O) groups is 1. The van der Waals surface area contributed by atoms with Crippen molar-refractivity contribution >= 4 is 6.29 Å². The zero-order valence-electron chi connectivity index (χ0n) is 14.1. The Balaban J connectivity index is 2.39. The molecule has 0 aromatic heterocycles. The summed E-state index contributed by atoms with van der Waals surface area (Å²) in [5, 5.41) is 0. The molecule has 1 aliphatic carbocycles. The van der Waals surface area contributed by atoms with Crippen molar-refractivity contribution < 1.29 is 4.79 Å². The van der Waals surface area contributed by atoms with Crippen LogP contribution in [0.2, 0.25) is 0 Å². The van der Waals surface area contributed by atoms with Gasteiger partial charge in [0.05, 0.1) is 0 Å². The van der Waals surface area contributed by atoms with Crippen LogP contribution in [-0.2, 0) is 4.79 Å². The van der Waals surface area contributed by atoms with E-state index in [0.717, 1.165) is 37.0 Å². The number of aldehydes is 1. The fourth-order valence-electron chi connectivity index (χ4n) is 2.61. The lowest BCUT2D eigenvalue weighted by molar-refractivity contribution is -0.104. The van der Waals surface area contributed by atoms with E-state index in [1.807, 2.05) is 13.0 Å². The van der Waals surface area contributed by atoms with Gasteiger partial charge in [-0.3, -0.25) is 4.79 Å². The lowest BCUT2D eigenvalue weighted by Gasteiger charge is -2.20. The van der Waals surface area contributed by atoms with Crippen molar-refractivity contribution in [1.29, 1.82) is 0 Å². The van der Waals surface area contributed by atoms with Crippen LogP contribution >= 0.6 is 0 Å². The van der Waals surface area contributed by atoms with Crippen LogP contribution in [-0.4, -0.2) is 6.29 Å². The SMILES string of the molecule is C/C(C=O)=C\CC/C(C)=C/C/C=C(\C)[C@H]1C=C[C@H](C)CC1. The van der Waals surface area contributed by atoms with Gasteiger partial charge in [0.1, 0.15) is 6.29 Å². The third-order valence-corrected chi connectivity index (χ3v) is 4.29. The maximum Gasteiger partial charge on any atom is 0.145 e. The molecule has 21 heavy (non-hydrogen) atoms. The molecule has 0 N–H and O–H groups in total. The first kappa shape index (κ1) is 17.7. The Hall–Kier alpha value is -1.37. The van der Waals surface area contributed by atoms with Gasteiger partial charge in [0, 0.05) is 0 Å². The van der Waals surface area contributed by atoms with E-state index in [1.54, 1.807) is 0 Å². The number of hydrogen-bond acceptors (Lipinski definition) is 1. The molecule has 0 fully saturated rings. The van der Waals surface area contributed by atoms with E-state index in [9.17, 15) is 4.79 Å². The summed E-state index contributed by atoms with van der Waals surface area (Å²) in [5.74, 6) is 1.40. The molecule has 0 aromatic carbocycles. The standard InChI is InChI=1S/C20H30O/c1-16(7-5-9-18(3)15-21)8-6-10-19(4)20-13-11-17(2)12-14-20/h8-11,13,15,17,20H,5-7,12,14H2,1-4H3/b16-8+,18-9+,19-10+/t17-,20-/m0/s1. The highest BCUT2D eigenvalue weighted by Crippen LogP contribution is 2.27. The highest BCUT2D eigenvalue weighted by molar-refractivity contribution is 5.71. The molecule has 0 heterocycles. The molecule has 1 rings (SSSR count). The molecule has 1 aliphatic rings. The molecule has 116 valence electrons. The summed E-state index contributed by atoms with van der Waals surface area (Å²) >= 11 is 0. The summed E-state index contributed by atoms with van der Waals surface area (Å²) in [4.78, 5) is 10.5. The van der Waals surface area contributed by atoms with Crippen molar-refractivity contribution in [3.05, 3.63) is 47.1 Å². The van der Waals surface area contributed by atoms with Crippen LogP contribution in [0.15, 0.2) is 47.1 Å². The van der Waals surface area contributed by atoms with Gasteiger partial charge in [-0.15, -0.1) is 0 Å². The van der Waals surface area contributed by atoms with Gasteiger partial charge in [-0.1, -0.05) is 48.5 Å². The van der Waals surface area contributed by atoms with Crippen molar-refractivity contribution in [3.8, 4) is 0 Å². The first-order valence-electron chi connectivity index (χ1n) is 8.15. The first-order valence-corrected chi connectivity index (χ1v) is 8.15. The monoisotopic (exact) mass is 286 g/mol. The highest BCUT2D eigenvalue weighted by atomic mass is 16.1. The molecule has 0 amide bonds. The minimum absolute atomic E-state index is 0.646. The number of hydrogen-bond donors (Lipinski definition) is 0. The lowest BCUT2D eigenvalue weighted by atomic mass is 9.85. The minimum Gasteiger partial charge on any atom is -0.298 e. The van der Waals surface area contributed by atoms with E-state index in [4.69, 9.17) is 0 Å². The fourth-order valence-corrected chi connectivity index (χ4v) is 2.61. The number of carbonyl (C=O) groups excluding carboxylic acids is 1. The van der Waals surface area contributed by atoms with Gasteiger partial charge in [0.15, 0.2) is 0 Å². The Bertz CT molecular complexity index is 448. The Morgan fingerprint density at radius 1 is 1.10 bits per heavy atom. The van der Waals surface area contributed by atoms with Gasteiger partial charge in [0.2, 0.25) is 0 Å². The van der Waals surface area contributed by atoms with Gasteiger partial charge < -0.3 is 0 Å². The van der Waals surface area contributed by atoms with E-state index in [-0.39, 0.29) is 0 Å². The van der Waals surface area contributed by atoms with Gasteiger partial charge >= 0.3 is 0 Å². The van der Waals surface area contributed by atoms with Crippen molar-refractivity contribution in [2.45, 2.75) is 59.8 Å². The summed E-state index contributed by atoms with van der Waals surface area (Å²) in [6, 6.07) is 0. The van der Waals surface area contributed by atoms with Gasteiger partial charge in [-0.2, -0.15) is 0 Å². The second-order valence-electron chi connectivity index (χ2n) is 6.39. The van der Waals surface area contributed by atoms with Gasteiger partial charge in [0.25, 0.3) is 0 Å². The lowest BCUT2D eigenvalue weighted by Crippen LogP contribution is -2.07. The Morgan fingerprint density at radius 2 is 1.86 bits per heavy atom. The van der Waals surface area contributed by atoms with E-state index in [0.29, 0.717) is 5.92 Å². The average molecular weight is 286 g/mol. The summed E-state index contributed by atoms with van der Waals surface area (Å²) < 4.78 is 0. The van der Waals surface area contributed by atoms with Crippen LogP contribution < -0.4 is 0 Å². The molecule has 0 saturated heterocycles. The molecule has 0 aliphatic heterocycles. The molecule has 2 atom stereocenters. The molecule has 1 heteroatoms. The molecule has 0 radical (unpaired) electrons. The third-order valence-electron chi connectivity index (χ3n) is 4.29. The molecular formula is C20H30O. The van der Waals surface area contributed by atoms with Gasteiger partial charge in [-0.05, 0) is 70.3 Å². The Labute approximate surface area is 130 Å². The van der Waals surface area contributed by atoms with E-state index in [2.05, 4.69) is 45.1 Å². The van der Waals surface area contributed by atoms with Crippen molar-refractivity contribution in [1.82, 2.24) is 0 Å². The largest absolute Gasteiger partial charge is 0.298 e. The molecule has 0 bridgehead atoms. The maximum absolute atomic E-state index is 10.5. The maximum atomic E-state index is 10.5. The zero-order valence-corrected chi connectivity index (χ0v) is 14.1. The fraction of sp³-hybridized carbons (Fsp3) is 0.550. The predicted molar refractivity (Wildman–Crippen MR) is 92.2 cm³/mol. The van der Waals surface area contributed by atoms with Crippen LogP contribution in [0.4, 0.5) is 0 Å². The van der Waals surface area contributed by atoms with Crippen LogP contribution in [0.25, 0.3) is 0 Å². The number of rotatable bonds is 7. The average Bonchev–Trinajstić information content (AvgIpc) is 2.47. The number of allylic oxidation sites excluding steroid dienone is 8. The van der Waals surface area contributed by atoms with Crippen LogP contribution in [0.3, 0.4) is 0 Å². The summed E-state index contributed by atoms with van der Waals surface area (Å²) in [7, 11) is 0. The summed E-state index contributed by atoms with van der Waals surface area (Å²) in [5.41, 5.74) is 3.73. The van der Waals surface area contributed by atoms with Gasteiger partial charge in [-0.25, -0.2) is 0 Å². The Morgan fingerprint density at radius 3 is 2.48 bits per heavy atom. The molecular weight excluding hydrogens is 256 g/mol. The summed E-state index contributed by atoms with van der Waals surface area (Å²) in [6.45, 7) is 8.58. The van der Waals surface area contributed by atoms with Crippen LogP contribution in [0, 0.1) is 11.8 Å². The molecule has 0 saturated carbocycles. The predicted octanol–water partition coefficient (Wildman–Crippen LogP) is 5.80. The van der Waals surface area contributed by atoms with Crippen molar-refractivity contribution in [2.24, 2.45) is 11.8 Å². The molecule has 0 aromatic rings. The van der Waals surface area contributed by atoms with Crippen LogP contribution in [0.1, 0.15) is 59.8 Å². The highest BCUT2D eigenvalue weighted by Gasteiger charge is 2.13.